The van der Waals surface area contributed by atoms with Gasteiger partial charge in [-0.15, -0.1) is 11.3 Å². The summed E-state index contributed by atoms with van der Waals surface area (Å²) in [6.07, 6.45) is 6.86. The average molecular weight is 605 g/mol. The minimum atomic E-state index is -2.30. The van der Waals surface area contributed by atoms with Crippen LogP contribution in [0.1, 0.15) is 69.9 Å². The van der Waals surface area contributed by atoms with E-state index in [1.807, 2.05) is 19.1 Å². The van der Waals surface area contributed by atoms with Crippen molar-refractivity contribution in [2.75, 3.05) is 13.1 Å². The van der Waals surface area contributed by atoms with Gasteiger partial charge in [0, 0.05) is 47.7 Å². The Morgan fingerprint density at radius 3 is 2.76 bits per heavy atom. The second-order valence-electron chi connectivity index (χ2n) is 11.4. The SMILES string of the molecule is Cc1c(C#N)cncc1C1CN(C(=O)[C@@H]2CC[C@@H]3CCC[C@H](NC(=O)c4cc5cc(C[P+](=O)O)ccc5s4)C(=O)N32)C1. The molecule has 1 unspecified atom stereocenters. The van der Waals surface area contributed by atoms with Crippen LogP contribution in [-0.4, -0.2) is 68.6 Å². The van der Waals surface area contributed by atoms with E-state index in [9.17, 15) is 29.1 Å². The smallest absolute Gasteiger partial charge is 0.340 e. The van der Waals surface area contributed by atoms with Crippen LogP contribution >= 0.6 is 19.4 Å². The Morgan fingerprint density at radius 2 is 2.00 bits per heavy atom. The average Bonchev–Trinajstić information content (AvgIpc) is 3.52. The van der Waals surface area contributed by atoms with Crippen molar-refractivity contribution < 1.29 is 23.8 Å². The summed E-state index contributed by atoms with van der Waals surface area (Å²) < 4.78 is 12.1. The topological polar surface area (TPSA) is 144 Å². The van der Waals surface area contributed by atoms with Gasteiger partial charge >= 0.3 is 8.03 Å². The summed E-state index contributed by atoms with van der Waals surface area (Å²) in [6.45, 7) is 2.97. The third-order valence-electron chi connectivity index (χ3n) is 8.81. The highest BCUT2D eigenvalue weighted by Gasteiger charge is 2.47. The maximum atomic E-state index is 13.8. The molecule has 6 rings (SSSR count). The Hall–Kier alpha value is -3.71. The molecule has 2 aromatic heterocycles. The van der Waals surface area contributed by atoms with E-state index in [-0.39, 0.29) is 35.8 Å². The van der Waals surface area contributed by atoms with Crippen LogP contribution in [0.25, 0.3) is 10.1 Å². The first kappa shape index (κ1) is 28.4. The molecule has 0 aliphatic carbocycles. The minimum absolute atomic E-state index is 0.00931. The molecule has 216 valence electrons. The van der Waals surface area contributed by atoms with Crippen molar-refractivity contribution >= 4 is 47.2 Å². The molecule has 5 heterocycles. The lowest BCUT2D eigenvalue weighted by Crippen LogP contribution is -2.58. The van der Waals surface area contributed by atoms with Crippen LogP contribution in [0.15, 0.2) is 36.7 Å². The second-order valence-corrected chi connectivity index (χ2v) is 13.5. The van der Waals surface area contributed by atoms with E-state index in [1.54, 1.807) is 34.3 Å². The van der Waals surface area contributed by atoms with Crippen molar-refractivity contribution in [3.63, 3.8) is 0 Å². The van der Waals surface area contributed by atoms with Crippen molar-refractivity contribution in [1.82, 2.24) is 20.1 Å². The molecule has 4 atom stereocenters. The summed E-state index contributed by atoms with van der Waals surface area (Å²) in [7, 11) is -2.30. The van der Waals surface area contributed by atoms with Gasteiger partial charge in [-0.3, -0.25) is 19.4 Å². The molecule has 3 aromatic rings. The quantitative estimate of drug-likeness (QED) is 0.405. The number of pyridine rings is 1. The fourth-order valence-corrected chi connectivity index (χ4v) is 8.01. The van der Waals surface area contributed by atoms with E-state index in [0.717, 1.165) is 46.0 Å². The molecule has 3 saturated heterocycles. The lowest BCUT2D eigenvalue weighted by atomic mass is 9.88. The predicted molar refractivity (Wildman–Crippen MR) is 157 cm³/mol. The zero-order chi connectivity index (χ0) is 29.5. The summed E-state index contributed by atoms with van der Waals surface area (Å²) in [4.78, 5) is 58.1. The molecule has 42 heavy (non-hydrogen) atoms. The van der Waals surface area contributed by atoms with Crippen molar-refractivity contribution in [3.05, 3.63) is 63.8 Å². The molecule has 3 aliphatic heterocycles. The van der Waals surface area contributed by atoms with Gasteiger partial charge in [0.1, 0.15) is 18.2 Å². The Labute approximate surface area is 248 Å². The normalized spacial score (nSPS) is 22.7. The van der Waals surface area contributed by atoms with Gasteiger partial charge in [-0.05, 0) is 78.3 Å². The van der Waals surface area contributed by atoms with E-state index >= 15 is 0 Å². The summed E-state index contributed by atoms with van der Waals surface area (Å²) in [5.41, 5.74) is 3.14. The number of carbonyl (C=O) groups is 3. The fourth-order valence-electron chi connectivity index (χ4n) is 6.56. The van der Waals surface area contributed by atoms with E-state index < -0.39 is 20.1 Å². The van der Waals surface area contributed by atoms with E-state index in [2.05, 4.69) is 16.4 Å². The Balaban J connectivity index is 1.13. The summed E-state index contributed by atoms with van der Waals surface area (Å²) in [5.74, 6) is -0.474. The van der Waals surface area contributed by atoms with Gasteiger partial charge < -0.3 is 15.1 Å². The molecular formula is C30H31N5O5PS+. The van der Waals surface area contributed by atoms with Gasteiger partial charge in [-0.2, -0.15) is 10.2 Å². The Bertz CT molecular complexity index is 1640. The van der Waals surface area contributed by atoms with Gasteiger partial charge in [0.25, 0.3) is 5.91 Å². The molecule has 3 amide bonds. The van der Waals surface area contributed by atoms with Crippen LogP contribution in [-0.2, 0) is 20.3 Å². The molecule has 3 aliphatic rings. The van der Waals surface area contributed by atoms with E-state index in [0.29, 0.717) is 36.4 Å². The zero-order valence-corrected chi connectivity index (χ0v) is 24.9. The summed E-state index contributed by atoms with van der Waals surface area (Å²) in [6, 6.07) is 8.10. The molecule has 2 N–H and O–H groups in total. The number of likely N-dealkylation sites (tertiary alicyclic amines) is 1. The molecule has 3 fully saturated rings. The largest absolute Gasteiger partial charge is 0.510 e. The lowest BCUT2D eigenvalue weighted by Gasteiger charge is -2.43. The maximum Gasteiger partial charge on any atom is 0.510 e. The highest BCUT2D eigenvalue weighted by Crippen LogP contribution is 2.36. The van der Waals surface area contributed by atoms with E-state index in [4.69, 9.17) is 0 Å². The van der Waals surface area contributed by atoms with Crippen molar-refractivity contribution in [1.29, 1.82) is 5.26 Å². The summed E-state index contributed by atoms with van der Waals surface area (Å²) in [5, 5.41) is 13.1. The molecule has 0 radical (unpaired) electrons. The monoisotopic (exact) mass is 604 g/mol. The van der Waals surface area contributed by atoms with E-state index in [1.165, 1.54) is 11.3 Å². The Kier molecular flexibility index (Phi) is 7.79. The predicted octanol–water partition coefficient (Wildman–Crippen LogP) is 3.98. The number of thiophene rings is 1. The molecule has 1 aromatic carbocycles. The number of amides is 3. The summed E-state index contributed by atoms with van der Waals surface area (Å²) >= 11 is 1.31. The molecule has 0 saturated carbocycles. The number of nitriles is 1. The van der Waals surface area contributed by atoms with Gasteiger partial charge in [-0.25, -0.2) is 0 Å². The first-order chi connectivity index (χ1) is 20.2. The van der Waals surface area contributed by atoms with Gasteiger partial charge in [0.15, 0.2) is 0 Å². The number of hydrogen-bond donors (Lipinski definition) is 2. The van der Waals surface area contributed by atoms with Crippen molar-refractivity contribution in [2.45, 2.75) is 69.2 Å². The number of fused-ring (bicyclic) bond motifs is 2. The molecule has 12 heteroatoms. The third-order valence-corrected chi connectivity index (χ3v) is 10.6. The number of hydrogen-bond acceptors (Lipinski definition) is 7. The second kappa shape index (κ2) is 11.5. The molecular weight excluding hydrogens is 573 g/mol. The number of benzene rings is 1. The minimum Gasteiger partial charge on any atom is -0.340 e. The van der Waals surface area contributed by atoms with Gasteiger partial charge in [0.2, 0.25) is 18.0 Å². The van der Waals surface area contributed by atoms with Crippen LogP contribution < -0.4 is 5.32 Å². The standard InChI is InChI=1S/C30H30N5O5PS/c1-17-20(11-31)12-32-13-23(17)21-14-34(15-21)30(38)25-7-6-22-3-2-4-24(29(37)35(22)25)33-28(36)27-10-19-9-18(16-41(39)40)5-8-26(19)42-27/h5,8-10,12-13,21-22,24-25H,2-4,6-7,14-16H2,1H3,(H-,33,36,39,40)/p+1/t22-,24-,25-/m0/s1. The lowest BCUT2D eigenvalue weighted by molar-refractivity contribution is -0.148. The van der Waals surface area contributed by atoms with Crippen molar-refractivity contribution in [3.8, 4) is 6.07 Å². The number of aromatic nitrogens is 1. The highest BCUT2D eigenvalue weighted by atomic mass is 32.1. The van der Waals surface area contributed by atoms with Crippen LogP contribution in [0.5, 0.6) is 0 Å². The fraction of sp³-hybridized carbons (Fsp3) is 0.433. The first-order valence-electron chi connectivity index (χ1n) is 14.2. The van der Waals surface area contributed by atoms with Crippen LogP contribution in [0.2, 0.25) is 0 Å². The Morgan fingerprint density at radius 1 is 1.19 bits per heavy atom. The highest BCUT2D eigenvalue weighted by molar-refractivity contribution is 7.37. The maximum absolute atomic E-state index is 13.8. The van der Waals surface area contributed by atoms with Crippen LogP contribution in [0, 0.1) is 18.3 Å². The van der Waals surface area contributed by atoms with Crippen molar-refractivity contribution in [2.24, 2.45) is 0 Å². The third kappa shape index (κ3) is 5.31. The number of nitrogens with zero attached hydrogens (tertiary/aromatic N) is 4. The molecule has 0 spiro atoms. The van der Waals surface area contributed by atoms with Gasteiger partial charge in [0.05, 0.1) is 10.4 Å². The number of rotatable bonds is 6. The molecule has 0 bridgehead atoms. The zero-order valence-electron chi connectivity index (χ0n) is 23.2. The number of carbonyl (C=O) groups excluding carboxylic acids is 3. The number of nitrogens with one attached hydrogen (secondary N) is 1. The van der Waals surface area contributed by atoms with Gasteiger partial charge in [-0.1, -0.05) is 6.07 Å². The van der Waals surface area contributed by atoms with Crippen LogP contribution in [0.4, 0.5) is 0 Å². The first-order valence-corrected chi connectivity index (χ1v) is 16.4. The molecule has 10 nitrogen and oxygen atoms in total. The van der Waals surface area contributed by atoms with Crippen LogP contribution in [0.3, 0.4) is 0 Å².